The molecule has 0 bridgehead atoms. The van der Waals surface area contributed by atoms with Crippen LogP contribution in [0.4, 0.5) is 0 Å². The van der Waals surface area contributed by atoms with Gasteiger partial charge in [-0.3, -0.25) is 0 Å². The van der Waals surface area contributed by atoms with Gasteiger partial charge in [-0.25, -0.2) is 0 Å². The zero-order chi connectivity index (χ0) is 19.7. The minimum absolute atomic E-state index is 0.253. The van der Waals surface area contributed by atoms with Crippen LogP contribution in [0.1, 0.15) is 92.9 Å². The Hall–Kier alpha value is -0.600. The second-order valence-electron chi connectivity index (χ2n) is 8.97. The van der Waals surface area contributed by atoms with Gasteiger partial charge in [-0.05, 0) is 72.8 Å². The van der Waals surface area contributed by atoms with E-state index in [-0.39, 0.29) is 5.79 Å². The van der Waals surface area contributed by atoms with Gasteiger partial charge < -0.3 is 9.47 Å². The van der Waals surface area contributed by atoms with Gasteiger partial charge in [0.25, 0.3) is 0 Å². The van der Waals surface area contributed by atoms with Crippen LogP contribution in [0.5, 0.6) is 0 Å². The van der Waals surface area contributed by atoms with E-state index in [9.17, 15) is 0 Å². The number of allylic oxidation sites excluding steroid dienone is 3. The maximum Gasteiger partial charge on any atom is 0.172 e. The fraction of sp³-hybridized carbons (Fsp3) is 0.840. The lowest BCUT2D eigenvalue weighted by atomic mass is 9.57. The summed E-state index contributed by atoms with van der Waals surface area (Å²) in [5.41, 5.74) is 5.69. The third kappa shape index (κ3) is 3.46. The van der Waals surface area contributed by atoms with Crippen molar-refractivity contribution in [2.45, 2.75) is 98.7 Å². The number of hydrogen-bond donors (Lipinski definition) is 0. The van der Waals surface area contributed by atoms with Crippen LogP contribution in [0.2, 0.25) is 0 Å². The third-order valence-corrected chi connectivity index (χ3v) is 8.12. The predicted molar refractivity (Wildman–Crippen MR) is 114 cm³/mol. The van der Waals surface area contributed by atoms with Gasteiger partial charge in [-0.2, -0.15) is 0 Å². The van der Waals surface area contributed by atoms with Crippen molar-refractivity contribution < 1.29 is 9.47 Å². The second-order valence-corrected chi connectivity index (χ2v) is 8.97. The first-order valence-electron chi connectivity index (χ1n) is 11.8. The number of rotatable bonds is 0. The summed E-state index contributed by atoms with van der Waals surface area (Å²) in [5.74, 6) is 2.42. The minimum atomic E-state index is -0.253. The quantitative estimate of drug-likeness (QED) is 0.452. The summed E-state index contributed by atoms with van der Waals surface area (Å²) in [6.07, 6.45) is 12.8. The Morgan fingerprint density at radius 2 is 1.67 bits per heavy atom. The fourth-order valence-corrected chi connectivity index (χ4v) is 6.54. The molecule has 2 heteroatoms. The van der Waals surface area contributed by atoms with E-state index < -0.39 is 0 Å². The maximum absolute atomic E-state index is 5.99. The molecule has 2 fully saturated rings. The molecule has 5 rings (SSSR count). The van der Waals surface area contributed by atoms with Crippen molar-refractivity contribution in [2.24, 2.45) is 23.2 Å². The zero-order valence-electron chi connectivity index (χ0n) is 18.7. The highest BCUT2D eigenvalue weighted by Crippen LogP contribution is 2.61. The van der Waals surface area contributed by atoms with Gasteiger partial charge >= 0.3 is 0 Å². The highest BCUT2D eigenvalue weighted by molar-refractivity contribution is 5.44. The first-order valence-corrected chi connectivity index (χ1v) is 11.8. The monoisotopic (exact) mass is 374 g/mol. The van der Waals surface area contributed by atoms with E-state index in [1.165, 1.54) is 38.5 Å². The first kappa shape index (κ1) is 21.1. The van der Waals surface area contributed by atoms with Crippen molar-refractivity contribution >= 4 is 0 Å². The van der Waals surface area contributed by atoms with E-state index in [4.69, 9.17) is 9.47 Å². The molecule has 1 saturated carbocycles. The summed E-state index contributed by atoms with van der Waals surface area (Å²) >= 11 is 0. The summed E-state index contributed by atoms with van der Waals surface area (Å²) in [6, 6.07) is 0. The molecule has 0 N–H and O–H groups in total. The van der Waals surface area contributed by atoms with E-state index in [2.05, 4.69) is 19.9 Å². The summed E-state index contributed by atoms with van der Waals surface area (Å²) in [5, 5.41) is 0. The molecule has 0 radical (unpaired) electrons. The molecule has 4 atom stereocenters. The van der Waals surface area contributed by atoms with Crippen molar-refractivity contribution in [3.05, 3.63) is 22.8 Å². The van der Waals surface area contributed by atoms with Crippen LogP contribution < -0.4 is 0 Å². The molecule has 154 valence electrons. The van der Waals surface area contributed by atoms with Gasteiger partial charge in [0.05, 0.1) is 13.2 Å². The molecule has 4 aliphatic carbocycles. The Bertz CT molecular complexity index is 581. The summed E-state index contributed by atoms with van der Waals surface area (Å²) in [7, 11) is 0. The molecule has 27 heavy (non-hydrogen) atoms. The first-order chi connectivity index (χ1) is 13.1. The van der Waals surface area contributed by atoms with Crippen molar-refractivity contribution in [2.75, 3.05) is 13.2 Å². The average Bonchev–Trinajstić information content (AvgIpc) is 3.29. The fourth-order valence-electron chi connectivity index (χ4n) is 6.54. The van der Waals surface area contributed by atoms with Crippen LogP contribution in [0, 0.1) is 23.2 Å². The molecule has 5 aliphatic rings. The molecule has 0 aromatic rings. The standard InChI is InChI=1S/C21H30O2.2C2H6/c1-14-3-6-19-18-5-4-15-13-21(22-11-12-23-21)10-8-16(15)17(18)7-9-20(14,19)2;2*1-2/h7,14,18-19H,3-6,8-13H2,1-2H3;2*1-2H3. The van der Waals surface area contributed by atoms with Gasteiger partial charge in [-0.15, -0.1) is 0 Å². The molecular formula is C25H42O2. The van der Waals surface area contributed by atoms with Gasteiger partial charge in [-0.1, -0.05) is 53.2 Å². The Labute approximate surface area is 167 Å². The van der Waals surface area contributed by atoms with Crippen molar-refractivity contribution in [1.29, 1.82) is 0 Å². The van der Waals surface area contributed by atoms with Crippen LogP contribution in [0.25, 0.3) is 0 Å². The van der Waals surface area contributed by atoms with Gasteiger partial charge in [0.15, 0.2) is 5.79 Å². The number of fused-ring (bicyclic) bond motifs is 4. The minimum Gasteiger partial charge on any atom is -0.347 e. The van der Waals surface area contributed by atoms with Crippen LogP contribution in [0.3, 0.4) is 0 Å². The lowest BCUT2D eigenvalue weighted by Crippen LogP contribution is -2.40. The average molecular weight is 375 g/mol. The maximum atomic E-state index is 5.99. The molecule has 1 saturated heterocycles. The Balaban J connectivity index is 0.000000495. The van der Waals surface area contributed by atoms with Crippen LogP contribution in [-0.2, 0) is 9.47 Å². The Morgan fingerprint density at radius 3 is 2.37 bits per heavy atom. The smallest absolute Gasteiger partial charge is 0.172 e. The molecular weight excluding hydrogens is 332 g/mol. The SMILES string of the molecule is CC.CC.CC1CCC2C3CCC4=C(CCC5(C4)OCCO5)C3=CCC12C. The van der Waals surface area contributed by atoms with Crippen LogP contribution >= 0.6 is 0 Å². The van der Waals surface area contributed by atoms with Crippen LogP contribution in [-0.4, -0.2) is 19.0 Å². The Morgan fingerprint density at radius 1 is 0.963 bits per heavy atom. The van der Waals surface area contributed by atoms with Crippen molar-refractivity contribution in [3.8, 4) is 0 Å². The van der Waals surface area contributed by atoms with E-state index in [0.29, 0.717) is 5.41 Å². The normalized spacial score (nSPS) is 38.6. The molecule has 0 aromatic carbocycles. The van der Waals surface area contributed by atoms with Crippen LogP contribution in [0.15, 0.2) is 22.8 Å². The Kier molecular flexibility index (Phi) is 6.58. The van der Waals surface area contributed by atoms with Crippen molar-refractivity contribution in [3.63, 3.8) is 0 Å². The van der Waals surface area contributed by atoms with E-state index in [1.807, 2.05) is 27.7 Å². The highest BCUT2D eigenvalue weighted by Gasteiger charge is 2.52. The van der Waals surface area contributed by atoms with Gasteiger partial charge in [0.2, 0.25) is 0 Å². The lowest BCUT2D eigenvalue weighted by molar-refractivity contribution is -0.164. The summed E-state index contributed by atoms with van der Waals surface area (Å²) < 4.78 is 12.0. The highest BCUT2D eigenvalue weighted by atomic mass is 16.7. The molecule has 0 aromatic heterocycles. The largest absolute Gasteiger partial charge is 0.347 e. The molecule has 1 spiro atoms. The zero-order valence-corrected chi connectivity index (χ0v) is 18.7. The summed E-state index contributed by atoms with van der Waals surface area (Å²) in [4.78, 5) is 0. The van der Waals surface area contributed by atoms with E-state index in [1.54, 1.807) is 16.7 Å². The number of ether oxygens (including phenoxy) is 2. The van der Waals surface area contributed by atoms with E-state index >= 15 is 0 Å². The van der Waals surface area contributed by atoms with Gasteiger partial charge in [0.1, 0.15) is 0 Å². The topological polar surface area (TPSA) is 18.5 Å². The van der Waals surface area contributed by atoms with E-state index in [0.717, 1.165) is 43.8 Å². The molecule has 1 aliphatic heterocycles. The molecule has 1 heterocycles. The molecule has 2 nitrogen and oxygen atoms in total. The van der Waals surface area contributed by atoms with Crippen molar-refractivity contribution in [1.82, 2.24) is 0 Å². The molecule has 4 unspecified atom stereocenters. The second kappa shape index (κ2) is 8.41. The third-order valence-electron chi connectivity index (χ3n) is 8.12. The number of hydrogen-bond acceptors (Lipinski definition) is 2. The lowest BCUT2D eigenvalue weighted by Gasteiger charge is -2.48. The predicted octanol–water partition coefficient (Wildman–Crippen LogP) is 7.05. The van der Waals surface area contributed by atoms with Gasteiger partial charge in [0, 0.05) is 12.8 Å². The molecule has 0 amide bonds. The summed E-state index contributed by atoms with van der Waals surface area (Å²) in [6.45, 7) is 14.6.